The molecule has 2 heterocycles. The molecule has 5 amide bonds. The number of allylic oxidation sites excluding steroid dienone is 2. The minimum absolute atomic E-state index is 0.0385. The van der Waals surface area contributed by atoms with Crippen LogP contribution in [-0.4, -0.2) is 81.2 Å². The number of rotatable bonds is 4. The smallest absolute Gasteiger partial charge is 0.423 e. The number of benzene rings is 1. The fourth-order valence-corrected chi connectivity index (χ4v) is 7.91. The van der Waals surface area contributed by atoms with Crippen molar-refractivity contribution in [3.05, 3.63) is 29.3 Å². The number of aromatic hydroxyl groups is 1. The summed E-state index contributed by atoms with van der Waals surface area (Å²) in [7, 11) is 3.79. The number of methoxy groups -OCH3 is 3. The van der Waals surface area contributed by atoms with Crippen molar-refractivity contribution in [3.63, 3.8) is 0 Å². The van der Waals surface area contributed by atoms with Crippen LogP contribution in [0, 0.1) is 17.8 Å². The Morgan fingerprint density at radius 1 is 1.08 bits per heavy atom. The molecule has 1 aromatic rings. The number of amides is 5. The van der Waals surface area contributed by atoms with Gasteiger partial charge in [0.15, 0.2) is 9.75 Å². The van der Waals surface area contributed by atoms with Crippen LogP contribution in [-0.2, 0) is 23.9 Å². The number of phenolic OH excluding ortho intramolecular Hbond substituents is 1. The van der Waals surface area contributed by atoms with Crippen LogP contribution in [0.1, 0.15) is 24.3 Å². The maximum Gasteiger partial charge on any atom is 0.423 e. The summed E-state index contributed by atoms with van der Waals surface area (Å²) in [6.45, 7) is 0. The van der Waals surface area contributed by atoms with Crippen LogP contribution >= 0.6 is 39.1 Å². The highest BCUT2D eigenvalue weighted by molar-refractivity contribution is 9.09. The van der Waals surface area contributed by atoms with E-state index in [1.165, 1.54) is 26.4 Å². The van der Waals surface area contributed by atoms with Crippen LogP contribution in [0.2, 0.25) is 0 Å². The van der Waals surface area contributed by atoms with E-state index in [1.807, 2.05) is 0 Å². The molecule has 0 spiro atoms. The first-order valence-electron chi connectivity index (χ1n) is 11.8. The van der Waals surface area contributed by atoms with Gasteiger partial charge in [-0.1, -0.05) is 27.6 Å². The molecule has 6 unspecified atom stereocenters. The first-order chi connectivity index (χ1) is 18.4. The summed E-state index contributed by atoms with van der Waals surface area (Å²) < 4.78 is 15.4. The van der Waals surface area contributed by atoms with E-state index >= 15 is 0 Å². The summed E-state index contributed by atoms with van der Waals surface area (Å²) in [5, 5.41) is 11.2. The Kier molecular flexibility index (Phi) is 6.67. The van der Waals surface area contributed by atoms with Gasteiger partial charge in [0.2, 0.25) is 11.8 Å². The van der Waals surface area contributed by atoms with Gasteiger partial charge in [-0.2, -0.15) is 4.90 Å². The second-order valence-corrected chi connectivity index (χ2v) is 11.5. The van der Waals surface area contributed by atoms with Gasteiger partial charge in [-0.15, -0.1) is 23.2 Å². The third kappa shape index (κ3) is 3.43. The van der Waals surface area contributed by atoms with Crippen molar-refractivity contribution in [1.29, 1.82) is 0 Å². The van der Waals surface area contributed by atoms with Crippen molar-refractivity contribution in [2.45, 2.75) is 28.5 Å². The average Bonchev–Trinajstić information content (AvgIpc) is 3.26. The van der Waals surface area contributed by atoms with E-state index in [2.05, 4.69) is 20.7 Å². The maximum absolute atomic E-state index is 13.8. The zero-order valence-corrected chi connectivity index (χ0v) is 24.0. The first kappa shape index (κ1) is 27.7. The topological polar surface area (TPSA) is 140 Å². The number of carbonyl (C=O) groups is 5. The highest BCUT2D eigenvalue weighted by atomic mass is 79.9. The minimum atomic E-state index is -2.14. The lowest BCUT2D eigenvalue weighted by atomic mass is 9.56. The number of carbonyl (C=O) groups excluding carboxylic acids is 5. The molecule has 0 bridgehead atoms. The van der Waals surface area contributed by atoms with Gasteiger partial charge in [0.05, 0.1) is 38.6 Å². The van der Waals surface area contributed by atoms with Gasteiger partial charge < -0.3 is 19.3 Å². The fraction of sp³-hybridized carbons (Fsp3) is 0.480. The standard InChI is InChI=1S/C25H23BrCl2N2O9/c1-37-10-6-14(31)17(15(7-10)38-2)18-11-4-5-12-16(20(33)30(19(12)32)23(36)39-3)13(11)8-24(27)21(34)29(9-26)22(35)25(18,24)28/h4,6-7,12-13,16,18,31H,5,8-9H2,1-3H3. The molecule has 1 N–H and O–H groups in total. The van der Waals surface area contributed by atoms with Crippen LogP contribution in [0.25, 0.3) is 0 Å². The maximum atomic E-state index is 13.8. The van der Waals surface area contributed by atoms with Crippen molar-refractivity contribution >= 4 is 68.9 Å². The van der Waals surface area contributed by atoms with E-state index < -0.39 is 63.1 Å². The Hall–Kier alpha value is -2.83. The highest BCUT2D eigenvalue weighted by Gasteiger charge is 2.77. The summed E-state index contributed by atoms with van der Waals surface area (Å²) in [5.41, 5.74) is 0.286. The number of phenols is 1. The molecule has 1 aromatic carbocycles. The number of nitrogens with zero attached hydrogens (tertiary/aromatic N) is 2. The Balaban J connectivity index is 1.77. The van der Waals surface area contributed by atoms with Crippen molar-refractivity contribution < 1.29 is 43.3 Å². The van der Waals surface area contributed by atoms with Gasteiger partial charge in [-0.25, -0.2) is 4.79 Å². The lowest BCUT2D eigenvalue weighted by Crippen LogP contribution is -2.60. The van der Waals surface area contributed by atoms with Crippen LogP contribution in [0.15, 0.2) is 23.8 Å². The lowest BCUT2D eigenvalue weighted by molar-refractivity contribution is -0.140. The van der Waals surface area contributed by atoms with E-state index in [0.29, 0.717) is 10.5 Å². The lowest BCUT2D eigenvalue weighted by Gasteiger charge is -2.50. The molecule has 208 valence electrons. The van der Waals surface area contributed by atoms with Crippen molar-refractivity contribution in [2.24, 2.45) is 17.8 Å². The van der Waals surface area contributed by atoms with Gasteiger partial charge in [0.25, 0.3) is 11.8 Å². The van der Waals surface area contributed by atoms with Crippen LogP contribution < -0.4 is 9.47 Å². The largest absolute Gasteiger partial charge is 0.507 e. The predicted octanol–water partition coefficient (Wildman–Crippen LogP) is 2.89. The molecule has 0 aromatic heterocycles. The Morgan fingerprint density at radius 2 is 1.77 bits per heavy atom. The third-order valence-corrected chi connectivity index (χ3v) is 10.1. The van der Waals surface area contributed by atoms with Gasteiger partial charge in [-0.3, -0.25) is 24.1 Å². The molecule has 39 heavy (non-hydrogen) atoms. The minimum Gasteiger partial charge on any atom is -0.507 e. The SMILES string of the molecule is COC(=O)N1C(=O)C2CC=C3C(CC4(Cl)C(=O)N(CBr)C(=O)C4(Cl)C3c3c(O)cc(OC)cc3OC)C2C1=O. The number of likely N-dealkylation sites (tertiary alicyclic amines) is 2. The molecule has 6 atom stereocenters. The summed E-state index contributed by atoms with van der Waals surface area (Å²) >= 11 is 17.4. The molecule has 1 saturated carbocycles. The Morgan fingerprint density at radius 3 is 2.36 bits per heavy atom. The molecular weight excluding hydrogens is 623 g/mol. The molecule has 2 aliphatic heterocycles. The van der Waals surface area contributed by atoms with Crippen molar-refractivity contribution in [3.8, 4) is 17.2 Å². The molecule has 5 rings (SSSR count). The van der Waals surface area contributed by atoms with Crippen LogP contribution in [0.5, 0.6) is 17.2 Å². The second-order valence-electron chi connectivity index (χ2n) is 9.73. The predicted molar refractivity (Wildman–Crippen MR) is 139 cm³/mol. The summed E-state index contributed by atoms with van der Waals surface area (Å²) in [4.78, 5) is 63.5. The van der Waals surface area contributed by atoms with Gasteiger partial charge in [0.1, 0.15) is 17.2 Å². The third-order valence-electron chi connectivity index (χ3n) is 8.21. The Labute approximate surface area is 241 Å². The summed E-state index contributed by atoms with van der Waals surface area (Å²) in [6.07, 6.45) is 0.313. The molecular formula is C25H23BrCl2N2O9. The van der Waals surface area contributed by atoms with Crippen molar-refractivity contribution in [1.82, 2.24) is 9.80 Å². The van der Waals surface area contributed by atoms with Crippen molar-refractivity contribution in [2.75, 3.05) is 26.8 Å². The summed E-state index contributed by atoms with van der Waals surface area (Å²) in [6, 6.07) is 2.78. The number of ether oxygens (including phenoxy) is 3. The van der Waals surface area contributed by atoms with E-state index in [4.69, 9.17) is 32.7 Å². The van der Waals surface area contributed by atoms with Gasteiger partial charge in [-0.05, 0) is 18.8 Å². The Bertz CT molecular complexity index is 1370. The quantitative estimate of drug-likeness (QED) is 0.227. The number of hydrogen-bond donors (Lipinski definition) is 1. The monoisotopic (exact) mass is 644 g/mol. The molecule has 4 aliphatic rings. The van der Waals surface area contributed by atoms with E-state index in [9.17, 15) is 29.1 Å². The fourth-order valence-electron chi connectivity index (χ4n) is 6.51. The summed E-state index contributed by atoms with van der Waals surface area (Å²) in [5.74, 6) is -7.25. The van der Waals surface area contributed by atoms with Crippen LogP contribution in [0.3, 0.4) is 0 Å². The zero-order valence-electron chi connectivity index (χ0n) is 20.9. The van der Waals surface area contributed by atoms with E-state index in [0.717, 1.165) is 12.0 Å². The zero-order chi connectivity index (χ0) is 28.6. The van der Waals surface area contributed by atoms with Crippen LogP contribution in [0.4, 0.5) is 4.79 Å². The molecule has 2 saturated heterocycles. The number of alkyl halides is 3. The highest BCUT2D eigenvalue weighted by Crippen LogP contribution is 2.67. The molecule has 2 aliphatic carbocycles. The first-order valence-corrected chi connectivity index (χ1v) is 13.7. The second kappa shape index (κ2) is 9.38. The number of halogens is 3. The molecule has 11 nitrogen and oxygen atoms in total. The molecule has 0 radical (unpaired) electrons. The number of hydrogen-bond acceptors (Lipinski definition) is 9. The van der Waals surface area contributed by atoms with Gasteiger partial charge >= 0.3 is 6.09 Å². The average molecular weight is 646 g/mol. The number of fused-ring (bicyclic) bond motifs is 4. The number of imide groups is 4. The van der Waals surface area contributed by atoms with E-state index in [1.54, 1.807) is 6.08 Å². The normalized spacial score (nSPS) is 33.4. The molecule has 3 fully saturated rings. The molecule has 14 heteroatoms. The van der Waals surface area contributed by atoms with E-state index in [-0.39, 0.29) is 41.1 Å². The van der Waals surface area contributed by atoms with Gasteiger partial charge in [0, 0.05) is 23.6 Å².